The number of benzene rings is 2. The Bertz CT molecular complexity index is 1020. The second-order valence-electron chi connectivity index (χ2n) is 7.51. The molecular weight excluding hydrogens is 370 g/mol. The number of thiazole rings is 1. The van der Waals surface area contributed by atoms with Gasteiger partial charge in [0, 0.05) is 37.7 Å². The summed E-state index contributed by atoms with van der Waals surface area (Å²) < 4.78 is 1.03. The Morgan fingerprint density at radius 2 is 1.71 bits per heavy atom. The van der Waals surface area contributed by atoms with E-state index in [0.717, 1.165) is 16.6 Å². The summed E-state index contributed by atoms with van der Waals surface area (Å²) in [6.45, 7) is 2.42. The summed E-state index contributed by atoms with van der Waals surface area (Å²) in [5.41, 5.74) is 4.68. The van der Waals surface area contributed by atoms with E-state index in [-0.39, 0.29) is 17.7 Å². The molecule has 1 saturated carbocycles. The normalized spacial score (nSPS) is 21.7. The topological polar surface area (TPSA) is 53.5 Å². The number of aromatic nitrogens is 1. The van der Waals surface area contributed by atoms with Crippen LogP contribution in [0.2, 0.25) is 0 Å². The van der Waals surface area contributed by atoms with Gasteiger partial charge in [-0.15, -0.1) is 11.3 Å². The quantitative estimate of drug-likeness (QED) is 0.688. The predicted octanol–water partition coefficient (Wildman–Crippen LogP) is 3.38. The Morgan fingerprint density at radius 3 is 2.50 bits per heavy atom. The Labute approximate surface area is 167 Å². The molecule has 2 atom stereocenters. The molecule has 0 bridgehead atoms. The molecule has 2 aliphatic rings. The summed E-state index contributed by atoms with van der Waals surface area (Å²) in [6.07, 6.45) is 0.941. The third-order valence-corrected chi connectivity index (χ3v) is 6.58. The smallest absolute Gasteiger partial charge is 0.254 e. The first-order valence-electron chi connectivity index (χ1n) is 9.67. The lowest BCUT2D eigenvalue weighted by atomic mass is 10.1. The van der Waals surface area contributed by atoms with Gasteiger partial charge in [0.25, 0.3) is 5.91 Å². The number of nitrogens with zero attached hydrogens (tertiary/aromatic N) is 3. The van der Waals surface area contributed by atoms with Gasteiger partial charge in [0.1, 0.15) is 0 Å². The van der Waals surface area contributed by atoms with Crippen LogP contribution in [0.15, 0.2) is 54.0 Å². The summed E-state index contributed by atoms with van der Waals surface area (Å²) in [5.74, 6) is 0.751. The van der Waals surface area contributed by atoms with Crippen molar-refractivity contribution in [2.75, 3.05) is 26.2 Å². The fraction of sp³-hybridized carbons (Fsp3) is 0.318. The second-order valence-corrected chi connectivity index (χ2v) is 8.40. The average Bonchev–Trinajstić information content (AvgIpc) is 3.42. The molecule has 2 heterocycles. The fourth-order valence-electron chi connectivity index (χ4n) is 4.07. The maximum absolute atomic E-state index is 12.8. The van der Waals surface area contributed by atoms with E-state index in [4.69, 9.17) is 0 Å². The molecule has 2 amide bonds. The van der Waals surface area contributed by atoms with E-state index in [1.54, 1.807) is 16.8 Å². The van der Waals surface area contributed by atoms with Crippen LogP contribution in [0.4, 0.5) is 0 Å². The van der Waals surface area contributed by atoms with Crippen molar-refractivity contribution in [3.05, 3.63) is 65.2 Å². The molecular formula is C22H21N3O2S. The summed E-state index contributed by atoms with van der Waals surface area (Å²) in [7, 11) is 0. The molecule has 0 radical (unpaired) electrons. The Hall–Kier alpha value is -2.73. The van der Waals surface area contributed by atoms with Crippen molar-refractivity contribution in [1.29, 1.82) is 0 Å². The van der Waals surface area contributed by atoms with E-state index in [9.17, 15) is 9.59 Å². The molecule has 3 aromatic rings. The minimum absolute atomic E-state index is 0.0379. The first kappa shape index (κ1) is 17.4. The first-order chi connectivity index (χ1) is 13.7. The zero-order valence-corrected chi connectivity index (χ0v) is 16.3. The van der Waals surface area contributed by atoms with Crippen molar-refractivity contribution in [3.8, 4) is 0 Å². The lowest BCUT2D eigenvalue weighted by molar-refractivity contribution is -0.134. The average molecular weight is 391 g/mol. The van der Waals surface area contributed by atoms with E-state index in [1.165, 1.54) is 5.56 Å². The third kappa shape index (κ3) is 3.18. The Morgan fingerprint density at radius 1 is 0.964 bits per heavy atom. The molecule has 1 aromatic heterocycles. The number of carbonyl (C=O) groups excluding carboxylic acids is 2. The van der Waals surface area contributed by atoms with Crippen LogP contribution in [0.3, 0.4) is 0 Å². The van der Waals surface area contributed by atoms with Gasteiger partial charge in [-0.2, -0.15) is 0 Å². The number of piperazine rings is 1. The van der Waals surface area contributed by atoms with Crippen molar-refractivity contribution in [3.63, 3.8) is 0 Å². The van der Waals surface area contributed by atoms with Crippen molar-refractivity contribution < 1.29 is 9.59 Å². The van der Waals surface area contributed by atoms with Crippen LogP contribution < -0.4 is 0 Å². The van der Waals surface area contributed by atoms with Crippen LogP contribution in [0.1, 0.15) is 28.3 Å². The largest absolute Gasteiger partial charge is 0.339 e. The molecule has 1 saturated heterocycles. The number of rotatable bonds is 3. The number of amides is 2. The number of hydrogen-bond donors (Lipinski definition) is 0. The summed E-state index contributed by atoms with van der Waals surface area (Å²) in [5, 5.41) is 0. The highest BCUT2D eigenvalue weighted by atomic mass is 32.1. The zero-order valence-electron chi connectivity index (χ0n) is 15.5. The van der Waals surface area contributed by atoms with E-state index >= 15 is 0 Å². The van der Waals surface area contributed by atoms with Crippen molar-refractivity contribution >= 4 is 33.4 Å². The van der Waals surface area contributed by atoms with Gasteiger partial charge in [-0.3, -0.25) is 9.59 Å². The van der Waals surface area contributed by atoms with Gasteiger partial charge in [0.15, 0.2) is 0 Å². The molecule has 2 fully saturated rings. The van der Waals surface area contributed by atoms with Crippen molar-refractivity contribution in [2.45, 2.75) is 12.3 Å². The molecule has 0 N–H and O–H groups in total. The maximum atomic E-state index is 12.8. The summed E-state index contributed by atoms with van der Waals surface area (Å²) in [4.78, 5) is 33.7. The summed E-state index contributed by atoms with van der Waals surface area (Å²) in [6, 6.07) is 15.9. The SMILES string of the molecule is O=C(c1ccc2ncsc2c1)N1CCN(C(=O)[C@H]2C[C@@H]2c2ccccc2)CC1. The van der Waals surface area contributed by atoms with E-state index in [1.807, 2.05) is 46.2 Å². The minimum atomic E-state index is 0.0379. The minimum Gasteiger partial charge on any atom is -0.339 e. The van der Waals surface area contributed by atoms with Gasteiger partial charge in [-0.1, -0.05) is 30.3 Å². The predicted molar refractivity (Wildman–Crippen MR) is 109 cm³/mol. The van der Waals surface area contributed by atoms with Crippen LogP contribution in [-0.4, -0.2) is 52.8 Å². The van der Waals surface area contributed by atoms with Crippen LogP contribution in [0.5, 0.6) is 0 Å². The molecule has 1 aliphatic heterocycles. The molecule has 0 unspecified atom stereocenters. The molecule has 1 aliphatic carbocycles. The molecule has 0 spiro atoms. The maximum Gasteiger partial charge on any atom is 0.254 e. The molecule has 28 heavy (non-hydrogen) atoms. The van der Waals surface area contributed by atoms with Gasteiger partial charge in [-0.25, -0.2) is 4.98 Å². The van der Waals surface area contributed by atoms with Crippen LogP contribution in [0.25, 0.3) is 10.2 Å². The Kier molecular flexibility index (Phi) is 4.36. The van der Waals surface area contributed by atoms with E-state index in [2.05, 4.69) is 17.1 Å². The Balaban J connectivity index is 1.19. The molecule has 5 nitrogen and oxygen atoms in total. The van der Waals surface area contributed by atoms with Crippen molar-refractivity contribution in [1.82, 2.24) is 14.8 Å². The molecule has 2 aromatic carbocycles. The second kappa shape index (κ2) is 7.02. The highest BCUT2D eigenvalue weighted by Gasteiger charge is 2.46. The lowest BCUT2D eigenvalue weighted by Crippen LogP contribution is -2.51. The highest BCUT2D eigenvalue weighted by Crippen LogP contribution is 2.48. The standard InChI is InChI=1S/C22H21N3O2S/c26-21(16-6-7-19-20(12-16)28-14-23-19)24-8-10-25(11-9-24)22(27)18-13-17(18)15-4-2-1-3-5-15/h1-7,12,14,17-18H,8-11,13H2/t17-,18+/m1/s1. The van der Waals surface area contributed by atoms with Gasteiger partial charge >= 0.3 is 0 Å². The highest BCUT2D eigenvalue weighted by molar-refractivity contribution is 7.16. The third-order valence-electron chi connectivity index (χ3n) is 5.79. The molecule has 5 rings (SSSR count). The van der Waals surface area contributed by atoms with Crippen LogP contribution in [-0.2, 0) is 4.79 Å². The first-order valence-corrected chi connectivity index (χ1v) is 10.5. The fourth-order valence-corrected chi connectivity index (χ4v) is 4.79. The number of fused-ring (bicyclic) bond motifs is 1. The number of carbonyl (C=O) groups is 2. The number of hydrogen-bond acceptors (Lipinski definition) is 4. The van der Waals surface area contributed by atoms with Crippen LogP contribution in [0, 0.1) is 5.92 Å². The summed E-state index contributed by atoms with van der Waals surface area (Å²) >= 11 is 1.54. The molecule has 142 valence electrons. The zero-order chi connectivity index (χ0) is 19.1. The van der Waals surface area contributed by atoms with Gasteiger partial charge in [0.05, 0.1) is 15.7 Å². The van der Waals surface area contributed by atoms with Crippen molar-refractivity contribution in [2.24, 2.45) is 5.92 Å². The van der Waals surface area contributed by atoms with E-state index < -0.39 is 0 Å². The molecule has 6 heteroatoms. The van der Waals surface area contributed by atoms with Gasteiger partial charge in [0.2, 0.25) is 5.91 Å². The van der Waals surface area contributed by atoms with Gasteiger partial charge < -0.3 is 9.80 Å². The van der Waals surface area contributed by atoms with Crippen LogP contribution >= 0.6 is 11.3 Å². The monoisotopic (exact) mass is 391 g/mol. The van der Waals surface area contributed by atoms with Gasteiger partial charge in [-0.05, 0) is 36.1 Å². The van der Waals surface area contributed by atoms with E-state index in [0.29, 0.717) is 37.7 Å². The lowest BCUT2D eigenvalue weighted by Gasteiger charge is -2.35.